The minimum Gasteiger partial charge on any atom is -0.399 e. The monoisotopic (exact) mass is 607 g/mol. The van der Waals surface area contributed by atoms with E-state index in [4.69, 9.17) is 5.73 Å². The Kier molecular flexibility index (Phi) is 7.91. The van der Waals surface area contributed by atoms with Gasteiger partial charge in [-0.15, -0.1) is 10.2 Å². The number of anilines is 2. The summed E-state index contributed by atoms with van der Waals surface area (Å²) in [5.74, 6) is -0.316. The van der Waals surface area contributed by atoms with Crippen LogP contribution in [0.25, 0.3) is 16.0 Å². The Morgan fingerprint density at radius 2 is 1.98 bits per heavy atom. The van der Waals surface area contributed by atoms with Gasteiger partial charge in [0.2, 0.25) is 5.13 Å². The van der Waals surface area contributed by atoms with E-state index in [-0.39, 0.29) is 52.0 Å². The molecule has 0 bridgehead atoms. The van der Waals surface area contributed by atoms with E-state index in [1.54, 1.807) is 18.3 Å². The summed E-state index contributed by atoms with van der Waals surface area (Å²) < 4.78 is 59.0. The predicted molar refractivity (Wildman–Crippen MR) is 154 cm³/mol. The third kappa shape index (κ3) is 6.51. The number of hydrogen-bond donors (Lipinski definition) is 3. The number of alkyl halides is 4. The lowest BCUT2D eigenvalue weighted by Gasteiger charge is -2.33. The molecule has 4 aromatic rings. The Bertz CT molecular complexity index is 1590. The smallest absolute Gasteiger partial charge is 0.394 e. The van der Waals surface area contributed by atoms with E-state index in [9.17, 15) is 22.4 Å². The number of likely N-dealkylation sites (tertiary alicyclic amines) is 1. The zero-order valence-corrected chi connectivity index (χ0v) is 24.5. The van der Waals surface area contributed by atoms with Gasteiger partial charge >= 0.3 is 6.18 Å². The first kappa shape index (κ1) is 29.8. The number of rotatable bonds is 7. The van der Waals surface area contributed by atoms with Crippen LogP contribution in [0.1, 0.15) is 48.3 Å². The number of benzene rings is 1. The highest BCUT2D eigenvalue weighted by molar-refractivity contribution is 7.13. The highest BCUT2D eigenvalue weighted by atomic mass is 32.1. The van der Waals surface area contributed by atoms with Crippen molar-refractivity contribution in [3.63, 3.8) is 0 Å². The lowest BCUT2D eigenvalue weighted by atomic mass is 10.0. The zero-order chi connectivity index (χ0) is 30.4. The summed E-state index contributed by atoms with van der Waals surface area (Å²) in [6.45, 7) is 6.99. The van der Waals surface area contributed by atoms with Crippen LogP contribution in [0.15, 0.2) is 30.6 Å². The first-order valence-corrected chi connectivity index (χ1v) is 14.3. The molecule has 1 aliphatic rings. The van der Waals surface area contributed by atoms with Gasteiger partial charge in [-0.1, -0.05) is 11.3 Å². The van der Waals surface area contributed by atoms with Gasteiger partial charge < -0.3 is 25.8 Å². The van der Waals surface area contributed by atoms with Gasteiger partial charge in [0.1, 0.15) is 16.7 Å². The number of nitrogens with one attached hydrogen (secondary N) is 2. The normalized spacial score (nSPS) is 18.5. The number of hydrogen-bond acceptors (Lipinski definition) is 8. The highest BCUT2D eigenvalue weighted by Crippen LogP contribution is 2.35. The molecule has 1 aliphatic heterocycles. The average molecular weight is 608 g/mol. The molecule has 3 aromatic heterocycles. The molecule has 1 fully saturated rings. The van der Waals surface area contributed by atoms with Crippen molar-refractivity contribution in [2.45, 2.75) is 64.1 Å². The topological polar surface area (TPSA) is 119 Å². The Labute approximate surface area is 243 Å². The minimum atomic E-state index is -4.55. The lowest BCUT2D eigenvalue weighted by Crippen LogP contribution is -2.46. The van der Waals surface area contributed by atoms with E-state index in [0.717, 1.165) is 16.0 Å². The van der Waals surface area contributed by atoms with Crippen LogP contribution >= 0.6 is 11.3 Å². The van der Waals surface area contributed by atoms with Crippen molar-refractivity contribution >= 4 is 39.5 Å². The largest absolute Gasteiger partial charge is 0.399 e. The number of nitrogens with zero attached hydrogens (tertiary/aromatic N) is 6. The molecule has 0 spiro atoms. The van der Waals surface area contributed by atoms with E-state index in [1.807, 2.05) is 43.5 Å². The van der Waals surface area contributed by atoms with E-state index < -0.39 is 24.8 Å². The van der Waals surface area contributed by atoms with Gasteiger partial charge in [-0.25, -0.2) is 9.07 Å². The van der Waals surface area contributed by atoms with Crippen molar-refractivity contribution in [1.29, 1.82) is 0 Å². The van der Waals surface area contributed by atoms with Crippen molar-refractivity contribution in [2.75, 3.05) is 31.2 Å². The summed E-state index contributed by atoms with van der Waals surface area (Å²) in [4.78, 5) is 14.6. The summed E-state index contributed by atoms with van der Waals surface area (Å²) in [7, 11) is 1.83. The number of fused-ring (bicyclic) bond motifs is 1. The van der Waals surface area contributed by atoms with Crippen LogP contribution in [-0.4, -0.2) is 73.9 Å². The maximum absolute atomic E-state index is 14.8. The molecule has 10 nitrogen and oxygen atoms in total. The second kappa shape index (κ2) is 11.2. The first-order valence-electron chi connectivity index (χ1n) is 13.4. The lowest BCUT2D eigenvalue weighted by molar-refractivity contribution is -0.127. The second-order valence-electron chi connectivity index (χ2n) is 11.6. The fourth-order valence-corrected chi connectivity index (χ4v) is 5.67. The summed E-state index contributed by atoms with van der Waals surface area (Å²) in [6, 6.07) is 4.15. The number of nitrogens with two attached hydrogens (primary N) is 1. The van der Waals surface area contributed by atoms with Crippen LogP contribution in [0, 0.1) is 0 Å². The summed E-state index contributed by atoms with van der Waals surface area (Å²) in [6.07, 6.45) is -2.94. The number of halogens is 4. The van der Waals surface area contributed by atoms with Crippen LogP contribution in [-0.2, 0) is 18.5 Å². The highest BCUT2D eigenvalue weighted by Gasteiger charge is 2.34. The van der Waals surface area contributed by atoms with Crippen LogP contribution in [0.2, 0.25) is 0 Å². The average Bonchev–Trinajstić information content (AvgIpc) is 3.63. The number of carbonyl (C=O) groups excluding carboxylic acids is 1. The maximum Gasteiger partial charge on any atom is 0.394 e. The van der Waals surface area contributed by atoms with Crippen molar-refractivity contribution in [1.82, 2.24) is 34.8 Å². The third-order valence-corrected chi connectivity index (χ3v) is 8.02. The molecule has 4 heterocycles. The molecule has 15 heteroatoms. The molecular weight excluding hydrogens is 574 g/mol. The molecule has 4 N–H and O–H groups in total. The molecule has 0 unspecified atom stereocenters. The van der Waals surface area contributed by atoms with E-state index in [1.165, 1.54) is 6.07 Å². The molecule has 42 heavy (non-hydrogen) atoms. The quantitative estimate of drug-likeness (QED) is 0.209. The molecule has 1 amide bonds. The first-order chi connectivity index (χ1) is 19.7. The Morgan fingerprint density at radius 1 is 1.21 bits per heavy atom. The Morgan fingerprint density at radius 3 is 2.64 bits per heavy atom. The Hall–Kier alpha value is -3.72. The van der Waals surface area contributed by atoms with Gasteiger partial charge in [-0.2, -0.15) is 18.3 Å². The van der Waals surface area contributed by atoms with Crippen LogP contribution < -0.4 is 16.4 Å². The Balaban J connectivity index is 1.43. The number of carbonyl (C=O) groups is 1. The second-order valence-corrected chi connectivity index (χ2v) is 12.6. The van der Waals surface area contributed by atoms with Crippen molar-refractivity contribution in [2.24, 2.45) is 0 Å². The summed E-state index contributed by atoms with van der Waals surface area (Å²) in [5, 5.41) is 19.2. The van der Waals surface area contributed by atoms with Gasteiger partial charge in [0, 0.05) is 42.1 Å². The molecule has 1 aromatic carbocycles. The fourth-order valence-electron chi connectivity index (χ4n) is 4.91. The summed E-state index contributed by atoms with van der Waals surface area (Å²) in [5.41, 5.74) is 7.00. The summed E-state index contributed by atoms with van der Waals surface area (Å²) >= 11 is 1.01. The number of nitrogen functional groups attached to an aromatic ring is 1. The molecule has 226 valence electrons. The van der Waals surface area contributed by atoms with Crippen LogP contribution in [0.4, 0.5) is 28.9 Å². The van der Waals surface area contributed by atoms with E-state index in [0.29, 0.717) is 29.2 Å². The molecule has 1 saturated heterocycles. The number of aromatic nitrogens is 5. The van der Waals surface area contributed by atoms with Crippen molar-refractivity contribution < 1.29 is 22.4 Å². The van der Waals surface area contributed by atoms with Gasteiger partial charge in [0.15, 0.2) is 0 Å². The van der Waals surface area contributed by atoms with E-state index in [2.05, 4.69) is 25.9 Å². The molecule has 5 rings (SSSR count). The molecule has 0 radical (unpaired) electrons. The van der Waals surface area contributed by atoms with Crippen LogP contribution in [0.3, 0.4) is 0 Å². The maximum atomic E-state index is 14.8. The van der Waals surface area contributed by atoms with Gasteiger partial charge in [-0.05, 0) is 52.4 Å². The van der Waals surface area contributed by atoms with Crippen molar-refractivity contribution in [3.8, 4) is 5.13 Å². The van der Waals surface area contributed by atoms with Crippen molar-refractivity contribution in [3.05, 3.63) is 46.9 Å². The van der Waals surface area contributed by atoms with Gasteiger partial charge in [0.25, 0.3) is 5.91 Å². The SMILES string of the molecule is CN1CC[C@@H](Nc2cc(N)cc3c(CC(F)(F)F)n(-c4nnc(CNC(=O)c5ccn(C(C)(C)C)c5)s4)nc23)[C@@H](F)C1. The van der Waals surface area contributed by atoms with Gasteiger partial charge in [0.05, 0.1) is 36.0 Å². The fraction of sp³-hybridized carbons (Fsp3) is 0.481. The van der Waals surface area contributed by atoms with Crippen LogP contribution in [0.5, 0.6) is 0 Å². The third-order valence-electron chi connectivity index (χ3n) is 7.12. The molecule has 2 atom stereocenters. The van der Waals surface area contributed by atoms with Gasteiger partial charge in [-0.3, -0.25) is 4.79 Å². The predicted octanol–water partition coefficient (Wildman–Crippen LogP) is 4.50. The molecular formula is C27H33F4N9OS. The molecule has 0 aliphatic carbocycles. The van der Waals surface area contributed by atoms with E-state index >= 15 is 0 Å². The standard InChI is InChI=1S/C27H33F4N9OS/c1-26(2,3)39-8-5-15(13-39)24(41)33-12-22-35-36-25(42-22)40-21(11-27(29,30)31)17-9-16(32)10-20(23(17)37-40)34-19-6-7-38(4)14-18(19)28/h5,8-10,13,18-19,34H,6-7,11-12,14,32H2,1-4H3,(H,33,41)/t18-,19+/m0/s1. The number of piperidine rings is 1. The molecule has 0 saturated carbocycles. The zero-order valence-electron chi connectivity index (χ0n) is 23.7. The minimum absolute atomic E-state index is 0.0281. The number of amides is 1.